The number of primary amides is 1. The highest BCUT2D eigenvalue weighted by Gasteiger charge is 2.14. The molecule has 5 nitrogen and oxygen atoms in total. The van der Waals surface area contributed by atoms with Gasteiger partial charge in [-0.3, -0.25) is 9.59 Å². The average molecular weight is 277 g/mol. The maximum Gasteiger partial charge on any atom is 0.224 e. The van der Waals surface area contributed by atoms with Gasteiger partial charge in [-0.05, 0) is 12.1 Å². The summed E-state index contributed by atoms with van der Waals surface area (Å²) in [6, 6.07) is 9.74. The molecular weight excluding hydrogens is 254 g/mol. The molecule has 1 aromatic rings. The van der Waals surface area contributed by atoms with Crippen molar-refractivity contribution >= 4 is 11.8 Å². The number of hydrogen-bond acceptors (Lipinski definition) is 3. The van der Waals surface area contributed by atoms with Gasteiger partial charge in [0.1, 0.15) is 0 Å². The molecule has 0 fully saturated rings. The molecule has 0 saturated heterocycles. The average Bonchev–Trinajstić information content (AvgIpc) is 2.44. The molecule has 2 amide bonds. The highest BCUT2D eigenvalue weighted by molar-refractivity contribution is 5.78. The zero-order valence-electron chi connectivity index (χ0n) is 12.0. The molecule has 0 unspecified atom stereocenters. The second-order valence-corrected chi connectivity index (χ2v) is 4.62. The summed E-state index contributed by atoms with van der Waals surface area (Å²) >= 11 is 0. The Labute approximate surface area is 120 Å². The van der Waals surface area contributed by atoms with E-state index in [-0.39, 0.29) is 18.2 Å². The van der Waals surface area contributed by atoms with Crippen molar-refractivity contribution in [1.29, 1.82) is 0 Å². The van der Waals surface area contributed by atoms with E-state index >= 15 is 0 Å². The molecule has 0 saturated carbocycles. The summed E-state index contributed by atoms with van der Waals surface area (Å²) in [4.78, 5) is 24.8. The van der Waals surface area contributed by atoms with Crippen molar-refractivity contribution in [2.24, 2.45) is 5.73 Å². The van der Waals surface area contributed by atoms with Gasteiger partial charge in [-0.1, -0.05) is 37.3 Å². The normalized spacial score (nSPS) is 10.2. The first-order chi connectivity index (χ1) is 9.63. The Morgan fingerprint density at radius 2 is 1.90 bits per heavy atom. The lowest BCUT2D eigenvalue weighted by Gasteiger charge is -2.22. The Kier molecular flexibility index (Phi) is 7.35. The number of carbonyl (C=O) groups is 2. The summed E-state index contributed by atoms with van der Waals surface area (Å²) in [5.74, 6) is -0.349. The van der Waals surface area contributed by atoms with Crippen LogP contribution >= 0.6 is 0 Å². The lowest BCUT2D eigenvalue weighted by molar-refractivity contribution is -0.132. The fourth-order valence-corrected chi connectivity index (χ4v) is 1.87. The van der Waals surface area contributed by atoms with Crippen LogP contribution in [0.2, 0.25) is 0 Å². The third kappa shape index (κ3) is 6.33. The quantitative estimate of drug-likeness (QED) is 0.658. The number of amides is 2. The molecule has 0 aliphatic carbocycles. The van der Waals surface area contributed by atoms with Crippen molar-refractivity contribution in [2.45, 2.75) is 26.3 Å². The van der Waals surface area contributed by atoms with Crippen LogP contribution in [-0.4, -0.2) is 36.3 Å². The van der Waals surface area contributed by atoms with E-state index in [1.54, 1.807) is 4.90 Å². The van der Waals surface area contributed by atoms with Gasteiger partial charge in [0.25, 0.3) is 0 Å². The molecule has 0 bridgehead atoms. The third-order valence-electron chi connectivity index (χ3n) is 2.96. The van der Waals surface area contributed by atoms with Gasteiger partial charge in [0.2, 0.25) is 11.8 Å². The first-order valence-electron chi connectivity index (χ1n) is 6.94. The van der Waals surface area contributed by atoms with Crippen LogP contribution in [0.4, 0.5) is 0 Å². The van der Waals surface area contributed by atoms with E-state index in [0.29, 0.717) is 26.1 Å². The molecule has 0 heterocycles. The number of nitrogens with zero attached hydrogens (tertiary/aromatic N) is 1. The van der Waals surface area contributed by atoms with Crippen LogP contribution in [0.5, 0.6) is 0 Å². The molecule has 0 aliphatic rings. The van der Waals surface area contributed by atoms with Gasteiger partial charge in [-0.25, -0.2) is 0 Å². The zero-order valence-corrected chi connectivity index (χ0v) is 12.0. The molecule has 5 heteroatoms. The largest absolute Gasteiger partial charge is 0.370 e. The van der Waals surface area contributed by atoms with Gasteiger partial charge >= 0.3 is 0 Å². The maximum atomic E-state index is 12.2. The van der Waals surface area contributed by atoms with E-state index in [4.69, 9.17) is 5.73 Å². The minimum absolute atomic E-state index is 0.0380. The van der Waals surface area contributed by atoms with Crippen LogP contribution < -0.4 is 11.1 Å². The van der Waals surface area contributed by atoms with Crippen LogP contribution in [0.1, 0.15) is 25.3 Å². The van der Waals surface area contributed by atoms with Crippen LogP contribution in [-0.2, 0) is 16.1 Å². The van der Waals surface area contributed by atoms with E-state index in [9.17, 15) is 9.59 Å². The van der Waals surface area contributed by atoms with E-state index < -0.39 is 0 Å². The summed E-state index contributed by atoms with van der Waals surface area (Å²) in [7, 11) is 0. The van der Waals surface area contributed by atoms with Gasteiger partial charge in [-0.2, -0.15) is 0 Å². The molecule has 1 rings (SSSR count). The standard InChI is InChI=1S/C15H23N3O2/c1-2-17-10-8-15(20)18(11-9-14(16)19)12-13-6-4-3-5-7-13/h3-7,17H,2,8-12H2,1H3,(H2,16,19). The van der Waals surface area contributed by atoms with Gasteiger partial charge in [0.15, 0.2) is 0 Å². The number of nitrogens with two attached hydrogens (primary N) is 1. The van der Waals surface area contributed by atoms with Crippen LogP contribution in [0.15, 0.2) is 30.3 Å². The fraction of sp³-hybridized carbons (Fsp3) is 0.467. The van der Waals surface area contributed by atoms with Crippen molar-refractivity contribution in [3.63, 3.8) is 0 Å². The van der Waals surface area contributed by atoms with Crippen molar-refractivity contribution in [2.75, 3.05) is 19.6 Å². The summed E-state index contributed by atoms with van der Waals surface area (Å²) in [5, 5.41) is 3.12. The number of nitrogens with one attached hydrogen (secondary N) is 1. The molecular formula is C15H23N3O2. The number of benzene rings is 1. The van der Waals surface area contributed by atoms with E-state index in [1.165, 1.54) is 0 Å². The molecule has 3 N–H and O–H groups in total. The molecule has 0 aliphatic heterocycles. The lowest BCUT2D eigenvalue weighted by atomic mass is 10.2. The maximum absolute atomic E-state index is 12.2. The van der Waals surface area contributed by atoms with Gasteiger partial charge in [0, 0.05) is 32.5 Å². The SMILES string of the molecule is CCNCCC(=O)N(CCC(N)=O)Cc1ccccc1. The highest BCUT2D eigenvalue weighted by atomic mass is 16.2. The minimum atomic E-state index is -0.387. The zero-order chi connectivity index (χ0) is 14.8. The van der Waals surface area contributed by atoms with Gasteiger partial charge in [-0.15, -0.1) is 0 Å². The van der Waals surface area contributed by atoms with Crippen molar-refractivity contribution in [3.8, 4) is 0 Å². The lowest BCUT2D eigenvalue weighted by Crippen LogP contribution is -2.35. The van der Waals surface area contributed by atoms with E-state index in [0.717, 1.165) is 12.1 Å². The van der Waals surface area contributed by atoms with Crippen molar-refractivity contribution in [1.82, 2.24) is 10.2 Å². The smallest absolute Gasteiger partial charge is 0.224 e. The molecule has 1 aromatic carbocycles. The van der Waals surface area contributed by atoms with Crippen molar-refractivity contribution < 1.29 is 9.59 Å². The topological polar surface area (TPSA) is 75.4 Å². The molecule has 0 aromatic heterocycles. The van der Waals surface area contributed by atoms with Crippen LogP contribution in [0, 0.1) is 0 Å². The Bertz CT molecular complexity index is 420. The second-order valence-electron chi connectivity index (χ2n) is 4.62. The predicted molar refractivity (Wildman–Crippen MR) is 78.8 cm³/mol. The number of carbonyl (C=O) groups excluding carboxylic acids is 2. The summed E-state index contributed by atoms with van der Waals surface area (Å²) < 4.78 is 0. The predicted octanol–water partition coefficient (Wildman–Crippen LogP) is 0.890. The molecule has 0 radical (unpaired) electrons. The number of hydrogen-bond donors (Lipinski definition) is 2. The Morgan fingerprint density at radius 1 is 1.20 bits per heavy atom. The highest BCUT2D eigenvalue weighted by Crippen LogP contribution is 2.06. The van der Waals surface area contributed by atoms with Crippen molar-refractivity contribution in [3.05, 3.63) is 35.9 Å². The molecule has 20 heavy (non-hydrogen) atoms. The van der Waals surface area contributed by atoms with Gasteiger partial charge in [0.05, 0.1) is 0 Å². The Balaban J connectivity index is 2.59. The number of rotatable bonds is 9. The van der Waals surface area contributed by atoms with Crippen LogP contribution in [0.3, 0.4) is 0 Å². The summed E-state index contributed by atoms with van der Waals surface area (Å²) in [6.07, 6.45) is 0.624. The first-order valence-corrected chi connectivity index (χ1v) is 6.94. The minimum Gasteiger partial charge on any atom is -0.370 e. The van der Waals surface area contributed by atoms with E-state index in [2.05, 4.69) is 5.32 Å². The summed E-state index contributed by atoms with van der Waals surface area (Å²) in [6.45, 7) is 4.37. The monoisotopic (exact) mass is 277 g/mol. The Hall–Kier alpha value is -1.88. The third-order valence-corrected chi connectivity index (χ3v) is 2.96. The van der Waals surface area contributed by atoms with Gasteiger partial charge < -0.3 is 16.0 Å². The molecule has 0 spiro atoms. The molecule has 0 atom stereocenters. The van der Waals surface area contributed by atoms with E-state index in [1.807, 2.05) is 37.3 Å². The summed E-state index contributed by atoms with van der Waals surface area (Å²) in [5.41, 5.74) is 6.22. The van der Waals surface area contributed by atoms with Crippen LogP contribution in [0.25, 0.3) is 0 Å². The molecule has 110 valence electrons. The first kappa shape index (κ1) is 16.2. The fourth-order valence-electron chi connectivity index (χ4n) is 1.87. The Morgan fingerprint density at radius 3 is 2.50 bits per heavy atom. The second kappa shape index (κ2) is 9.09.